The Morgan fingerprint density at radius 1 is 1.07 bits per heavy atom. The third kappa shape index (κ3) is 5.32. The van der Waals surface area contributed by atoms with Gasteiger partial charge in [0.1, 0.15) is 7.11 Å². The molecule has 1 N–H and O–H groups in total. The molecule has 0 fully saturated rings. The van der Waals surface area contributed by atoms with E-state index in [1.807, 2.05) is 31.2 Å². The first-order valence-electron chi connectivity index (χ1n) is 10.5. The topological polar surface area (TPSA) is 69.2 Å². The van der Waals surface area contributed by atoms with E-state index < -0.39 is 0 Å². The van der Waals surface area contributed by atoms with Crippen molar-refractivity contribution in [1.29, 1.82) is 0 Å². The smallest absolute Gasteiger partial charge is 0.273 e. The highest BCUT2D eigenvalue weighted by Crippen LogP contribution is 2.28. The zero-order valence-corrected chi connectivity index (χ0v) is 18.0. The van der Waals surface area contributed by atoms with E-state index in [1.165, 1.54) is 31.1 Å². The predicted molar refractivity (Wildman–Crippen MR) is 120 cm³/mol. The molecule has 1 aliphatic rings. The van der Waals surface area contributed by atoms with Crippen molar-refractivity contribution in [3.8, 4) is 11.5 Å². The number of hydrogen-bond acceptors (Lipinski definition) is 5. The van der Waals surface area contributed by atoms with Crippen LogP contribution in [0.3, 0.4) is 0 Å². The Bertz CT molecular complexity index is 914. The third-order valence-corrected chi connectivity index (χ3v) is 5.25. The van der Waals surface area contributed by atoms with Gasteiger partial charge in [-0.1, -0.05) is 23.4 Å². The second-order valence-corrected chi connectivity index (χ2v) is 7.24. The quantitative estimate of drug-likeness (QED) is 0.501. The minimum Gasteiger partial charge on any atom is -0.493 e. The highest BCUT2D eigenvalue weighted by molar-refractivity contribution is 6.45. The molecule has 0 spiro atoms. The van der Waals surface area contributed by atoms with Gasteiger partial charge in [-0.3, -0.25) is 4.79 Å². The van der Waals surface area contributed by atoms with Gasteiger partial charge in [0.2, 0.25) is 0 Å². The molecule has 0 radical (unpaired) electrons. The molecule has 0 atom stereocenters. The zero-order chi connectivity index (χ0) is 21.3. The van der Waals surface area contributed by atoms with Crippen LogP contribution in [0, 0.1) is 0 Å². The number of amides is 1. The van der Waals surface area contributed by atoms with Crippen molar-refractivity contribution in [3.63, 3.8) is 0 Å². The van der Waals surface area contributed by atoms with Crippen LogP contribution in [0.2, 0.25) is 0 Å². The van der Waals surface area contributed by atoms with Gasteiger partial charge in [-0.05, 0) is 73.9 Å². The molecule has 6 nitrogen and oxygen atoms in total. The molecule has 0 unspecified atom stereocenters. The van der Waals surface area contributed by atoms with Gasteiger partial charge in [0.15, 0.2) is 17.2 Å². The van der Waals surface area contributed by atoms with Crippen LogP contribution in [-0.4, -0.2) is 39.0 Å². The molecule has 0 aliphatic heterocycles. The maximum atomic E-state index is 12.8. The van der Waals surface area contributed by atoms with E-state index in [9.17, 15) is 4.79 Å². The van der Waals surface area contributed by atoms with E-state index in [-0.39, 0.29) is 7.33 Å². The summed E-state index contributed by atoms with van der Waals surface area (Å²) in [6, 6.07) is 11.9. The van der Waals surface area contributed by atoms with E-state index in [2.05, 4.69) is 22.6 Å². The van der Waals surface area contributed by atoms with Gasteiger partial charge in [-0.15, -0.1) is 0 Å². The number of rotatable bonds is 9. The van der Waals surface area contributed by atoms with Gasteiger partial charge < -0.3 is 19.6 Å². The Morgan fingerprint density at radius 2 is 1.87 bits per heavy atom. The molecule has 30 heavy (non-hydrogen) atoms. The van der Waals surface area contributed by atoms with Crippen LogP contribution in [0.4, 0.5) is 0 Å². The summed E-state index contributed by atoms with van der Waals surface area (Å²) >= 11 is 0. The van der Waals surface area contributed by atoms with Gasteiger partial charge in [-0.25, -0.2) is 0 Å². The average Bonchev–Trinajstić information content (AvgIpc) is 2.77. The molecule has 0 saturated carbocycles. The average molecular weight is 413 g/mol. The van der Waals surface area contributed by atoms with E-state index >= 15 is 0 Å². The summed E-state index contributed by atoms with van der Waals surface area (Å²) in [6.45, 7) is 2.97. The van der Waals surface area contributed by atoms with Crippen molar-refractivity contribution in [3.05, 3.63) is 58.7 Å². The number of hydrogen-bond donors (Lipinski definition) is 1. The normalized spacial score (nSPS) is 13.4. The summed E-state index contributed by atoms with van der Waals surface area (Å²) < 4.78 is 10.9. The summed E-state index contributed by atoms with van der Waals surface area (Å²) in [5.41, 5.74) is 4.82. The Kier molecular flexibility index (Phi) is 7.71. The van der Waals surface area contributed by atoms with Crippen LogP contribution in [0.1, 0.15) is 43.4 Å². The van der Waals surface area contributed by atoms with Crippen LogP contribution in [0.5, 0.6) is 11.5 Å². The first-order chi connectivity index (χ1) is 14.7. The fraction of sp³-hybridized carbons (Fsp3) is 0.417. The van der Waals surface area contributed by atoms with Crippen molar-refractivity contribution in [2.45, 2.75) is 39.0 Å². The van der Waals surface area contributed by atoms with Gasteiger partial charge in [0.05, 0.1) is 13.7 Å². The number of nitrogens with zero attached hydrogens (tertiary/aromatic N) is 1. The molecular formula is C24H32N2O4. The first-order valence-corrected chi connectivity index (χ1v) is 10.5. The Balaban J connectivity index is 0.00000341. The maximum Gasteiger partial charge on any atom is 0.273 e. The van der Waals surface area contributed by atoms with Crippen molar-refractivity contribution < 1.29 is 20.5 Å². The molecule has 1 amide bonds. The lowest BCUT2D eigenvalue weighted by Gasteiger charge is -2.17. The van der Waals surface area contributed by atoms with Crippen molar-refractivity contribution in [2.24, 2.45) is 5.16 Å². The van der Waals surface area contributed by atoms with E-state index in [0.717, 1.165) is 24.0 Å². The minimum atomic E-state index is -0.244. The summed E-state index contributed by atoms with van der Waals surface area (Å²) in [5, 5.41) is 6.95. The van der Waals surface area contributed by atoms with Gasteiger partial charge >= 0.3 is 0 Å². The minimum absolute atomic E-state index is 0. The molecule has 0 bridgehead atoms. The standard InChI is InChI=1S/C24H30N2O4.H2/c1-4-30-22-15-17(9-12-21(22)28-2)13-14-25-24(27)23(26-29-3)20-11-10-18-7-5-6-8-19(18)16-20;/h9-12,15-16H,4-8,13-14H2,1-3H3,(H,25,27);1H/b26-23-;. The van der Waals surface area contributed by atoms with Crippen LogP contribution in [0.15, 0.2) is 41.6 Å². The molecule has 2 aromatic carbocycles. The fourth-order valence-corrected chi connectivity index (χ4v) is 3.75. The van der Waals surface area contributed by atoms with Gasteiger partial charge in [0, 0.05) is 13.5 Å². The second-order valence-electron chi connectivity index (χ2n) is 7.24. The van der Waals surface area contributed by atoms with E-state index in [4.69, 9.17) is 14.3 Å². The van der Waals surface area contributed by atoms with E-state index in [1.54, 1.807) is 7.11 Å². The van der Waals surface area contributed by atoms with Crippen molar-refractivity contribution in [2.75, 3.05) is 27.4 Å². The number of aryl methyl sites for hydroxylation is 2. The lowest BCUT2D eigenvalue weighted by Crippen LogP contribution is -2.33. The van der Waals surface area contributed by atoms with Crippen LogP contribution < -0.4 is 14.8 Å². The number of nitrogens with one attached hydrogen (secondary N) is 1. The molecule has 6 heteroatoms. The second kappa shape index (κ2) is 10.7. The fourth-order valence-electron chi connectivity index (χ4n) is 3.75. The zero-order valence-electron chi connectivity index (χ0n) is 18.0. The molecule has 0 heterocycles. The lowest BCUT2D eigenvalue weighted by molar-refractivity contribution is -0.114. The molecule has 0 aromatic heterocycles. The van der Waals surface area contributed by atoms with Crippen LogP contribution in [-0.2, 0) is 28.9 Å². The van der Waals surface area contributed by atoms with Crippen molar-refractivity contribution in [1.82, 2.24) is 5.32 Å². The largest absolute Gasteiger partial charge is 0.493 e. The molecular weight excluding hydrogens is 380 g/mol. The number of methoxy groups -OCH3 is 1. The Hall–Kier alpha value is -3.02. The molecule has 0 saturated heterocycles. The Labute approximate surface area is 179 Å². The van der Waals surface area contributed by atoms with E-state index in [0.29, 0.717) is 36.8 Å². The van der Waals surface area contributed by atoms with Gasteiger partial charge in [-0.2, -0.15) is 0 Å². The summed E-state index contributed by atoms with van der Waals surface area (Å²) in [4.78, 5) is 17.7. The number of carbonyl (C=O) groups excluding carboxylic acids is 1. The summed E-state index contributed by atoms with van der Waals surface area (Å²) in [5.74, 6) is 1.16. The molecule has 1 aliphatic carbocycles. The van der Waals surface area contributed by atoms with Crippen molar-refractivity contribution >= 4 is 11.6 Å². The third-order valence-electron chi connectivity index (χ3n) is 5.25. The molecule has 3 rings (SSSR count). The summed E-state index contributed by atoms with van der Waals surface area (Å²) in [6.07, 6.45) is 5.22. The van der Waals surface area contributed by atoms with Crippen LogP contribution >= 0.6 is 0 Å². The summed E-state index contributed by atoms with van der Waals surface area (Å²) in [7, 11) is 3.08. The monoisotopic (exact) mass is 412 g/mol. The molecule has 2 aromatic rings. The highest BCUT2D eigenvalue weighted by atomic mass is 16.6. The SMILES string of the molecule is CCOc1cc(CCNC(=O)/C(=N\OC)c2ccc3c(c2)CCCC3)ccc1OC.[HH]. The first kappa shape index (κ1) is 21.7. The number of oxime groups is 1. The number of carbonyl (C=O) groups is 1. The molecule has 162 valence electrons. The van der Waals surface area contributed by atoms with Crippen LogP contribution in [0.25, 0.3) is 0 Å². The predicted octanol–water partition coefficient (Wildman–Crippen LogP) is 3.93. The lowest BCUT2D eigenvalue weighted by atomic mass is 9.89. The number of benzene rings is 2. The van der Waals surface area contributed by atoms with Gasteiger partial charge in [0.25, 0.3) is 5.91 Å². The Morgan fingerprint density at radius 3 is 2.60 bits per heavy atom. The highest BCUT2D eigenvalue weighted by Gasteiger charge is 2.18. The maximum absolute atomic E-state index is 12.8. The number of ether oxygens (including phenoxy) is 2. The number of fused-ring (bicyclic) bond motifs is 1.